The van der Waals surface area contributed by atoms with E-state index in [4.69, 9.17) is 0 Å². The number of aromatic amines is 1. The Hall–Kier alpha value is -2.96. The predicted octanol–water partition coefficient (Wildman–Crippen LogP) is 2.39. The lowest BCUT2D eigenvalue weighted by molar-refractivity contribution is 0.0940. The van der Waals surface area contributed by atoms with Gasteiger partial charge in [0, 0.05) is 6.54 Å². The molecule has 1 amide bonds. The average molecular weight is 351 g/mol. The molecule has 0 aliphatic heterocycles. The van der Waals surface area contributed by atoms with Crippen LogP contribution in [0.3, 0.4) is 0 Å². The zero-order valence-corrected chi connectivity index (χ0v) is 14.4. The van der Waals surface area contributed by atoms with Gasteiger partial charge < -0.3 is 10.3 Å². The number of carbonyl (C=O) groups excluding carboxylic acids is 1. The van der Waals surface area contributed by atoms with Crippen molar-refractivity contribution in [2.75, 3.05) is 6.54 Å². The van der Waals surface area contributed by atoms with Gasteiger partial charge in [-0.2, -0.15) is 0 Å². The van der Waals surface area contributed by atoms with Crippen LogP contribution in [0.1, 0.15) is 42.6 Å². The third kappa shape index (κ3) is 3.24. The van der Waals surface area contributed by atoms with E-state index in [9.17, 15) is 9.59 Å². The highest BCUT2D eigenvalue weighted by Gasteiger charge is 2.20. The Morgan fingerprint density at radius 3 is 2.73 bits per heavy atom. The summed E-state index contributed by atoms with van der Waals surface area (Å²) in [4.78, 5) is 27.8. The number of amides is 1. The number of carbonyl (C=O) groups is 1. The smallest absolute Gasteiger partial charge is 0.276 e. The molecule has 0 bridgehead atoms. The van der Waals surface area contributed by atoms with Gasteiger partial charge >= 0.3 is 0 Å². The number of nitrogens with one attached hydrogen (secondary N) is 2. The summed E-state index contributed by atoms with van der Waals surface area (Å²) in [7, 11) is 0. The fourth-order valence-electron chi connectivity index (χ4n) is 3.56. The molecule has 134 valence electrons. The Morgan fingerprint density at radius 2 is 1.96 bits per heavy atom. The Kier molecular flexibility index (Phi) is 4.51. The Balaban J connectivity index is 1.58. The van der Waals surface area contributed by atoms with Crippen molar-refractivity contribution in [3.8, 4) is 11.3 Å². The van der Waals surface area contributed by atoms with Crippen LogP contribution in [-0.2, 0) is 0 Å². The first-order chi connectivity index (χ1) is 12.7. The van der Waals surface area contributed by atoms with E-state index in [2.05, 4.69) is 20.6 Å². The van der Waals surface area contributed by atoms with Gasteiger partial charge in [0.15, 0.2) is 11.2 Å². The zero-order valence-electron chi connectivity index (χ0n) is 14.4. The number of aromatic nitrogens is 4. The molecule has 1 aliphatic carbocycles. The van der Waals surface area contributed by atoms with Crippen LogP contribution in [0, 0.1) is 5.92 Å². The zero-order chi connectivity index (χ0) is 17.9. The normalized spacial score (nSPS) is 15.2. The van der Waals surface area contributed by atoms with Gasteiger partial charge in [0.2, 0.25) is 0 Å². The molecule has 1 fully saturated rings. The average Bonchev–Trinajstić information content (AvgIpc) is 3.12. The number of nitrogens with zero attached hydrogens (tertiary/aromatic N) is 3. The predicted molar refractivity (Wildman–Crippen MR) is 98.0 cm³/mol. The first kappa shape index (κ1) is 16.5. The molecule has 4 rings (SSSR count). The summed E-state index contributed by atoms with van der Waals surface area (Å²) in [6.45, 7) is 0.623. The lowest BCUT2D eigenvalue weighted by Gasteiger charge is -2.21. The molecule has 0 spiro atoms. The van der Waals surface area contributed by atoms with Gasteiger partial charge in [-0.05, 0) is 24.3 Å². The number of benzene rings is 1. The van der Waals surface area contributed by atoms with Crippen molar-refractivity contribution in [1.29, 1.82) is 0 Å². The number of hydrogen-bond acceptors (Lipinski definition) is 4. The summed E-state index contributed by atoms with van der Waals surface area (Å²) in [6, 6.07) is 9.48. The van der Waals surface area contributed by atoms with Gasteiger partial charge in [-0.3, -0.25) is 9.59 Å². The first-order valence-corrected chi connectivity index (χ1v) is 9.04. The molecule has 1 saturated carbocycles. The summed E-state index contributed by atoms with van der Waals surface area (Å²) < 4.78 is 1.37. The number of hydrogen-bond donors (Lipinski definition) is 2. The highest BCUT2D eigenvalue weighted by atomic mass is 16.2. The summed E-state index contributed by atoms with van der Waals surface area (Å²) in [6.07, 6.45) is 7.68. The SMILES string of the molecule is O=C(NCC1CCCCC1)c1nnn2cc(-c3ccccc3)[nH]c(=O)c12. The van der Waals surface area contributed by atoms with E-state index in [0.29, 0.717) is 18.2 Å². The molecular formula is C19H21N5O2. The highest BCUT2D eigenvalue weighted by Crippen LogP contribution is 2.23. The summed E-state index contributed by atoms with van der Waals surface area (Å²) in [5, 5.41) is 10.8. The fourth-order valence-corrected chi connectivity index (χ4v) is 3.56. The molecule has 0 radical (unpaired) electrons. The lowest BCUT2D eigenvalue weighted by atomic mass is 9.89. The standard InChI is InChI=1S/C19H21N5O2/c25-18(20-11-13-7-3-1-4-8-13)16-17-19(26)21-15(12-24(17)23-22-16)14-9-5-2-6-10-14/h2,5-6,9-10,12-13H,1,3-4,7-8,11H2,(H,20,25)(H,21,26). The third-order valence-corrected chi connectivity index (χ3v) is 4.99. The molecule has 7 nitrogen and oxygen atoms in total. The third-order valence-electron chi connectivity index (χ3n) is 4.99. The Bertz CT molecular complexity index is 971. The van der Waals surface area contributed by atoms with Crippen LogP contribution >= 0.6 is 0 Å². The molecule has 0 unspecified atom stereocenters. The van der Waals surface area contributed by atoms with E-state index in [1.165, 1.54) is 23.8 Å². The molecule has 7 heteroatoms. The lowest BCUT2D eigenvalue weighted by Crippen LogP contribution is -2.31. The molecular weight excluding hydrogens is 330 g/mol. The molecule has 0 saturated heterocycles. The maximum Gasteiger partial charge on any atom is 0.276 e. The molecule has 3 aromatic rings. The summed E-state index contributed by atoms with van der Waals surface area (Å²) >= 11 is 0. The van der Waals surface area contributed by atoms with Crippen molar-refractivity contribution < 1.29 is 4.79 Å². The highest BCUT2D eigenvalue weighted by molar-refractivity contribution is 5.98. The van der Waals surface area contributed by atoms with E-state index in [1.54, 1.807) is 6.20 Å². The minimum atomic E-state index is -0.376. The summed E-state index contributed by atoms with van der Waals surface area (Å²) in [5.41, 5.74) is 1.36. The van der Waals surface area contributed by atoms with Crippen molar-refractivity contribution in [2.24, 2.45) is 5.92 Å². The van der Waals surface area contributed by atoms with Gasteiger partial charge in [0.1, 0.15) is 0 Å². The molecule has 0 atom stereocenters. The van der Waals surface area contributed by atoms with Crippen LogP contribution in [0.2, 0.25) is 0 Å². The molecule has 2 aromatic heterocycles. The number of fused-ring (bicyclic) bond motifs is 1. The van der Waals surface area contributed by atoms with Gasteiger partial charge in [-0.25, -0.2) is 4.52 Å². The first-order valence-electron chi connectivity index (χ1n) is 9.04. The minimum Gasteiger partial charge on any atom is -0.350 e. The van der Waals surface area contributed by atoms with Gasteiger partial charge in [-0.1, -0.05) is 54.8 Å². The van der Waals surface area contributed by atoms with Gasteiger partial charge in [-0.15, -0.1) is 5.10 Å². The number of H-pyrrole nitrogens is 1. The largest absolute Gasteiger partial charge is 0.350 e. The van der Waals surface area contributed by atoms with Crippen LogP contribution in [0.5, 0.6) is 0 Å². The van der Waals surface area contributed by atoms with Crippen molar-refractivity contribution in [2.45, 2.75) is 32.1 Å². The van der Waals surface area contributed by atoms with Crippen molar-refractivity contribution in [3.05, 3.63) is 52.6 Å². The Morgan fingerprint density at radius 1 is 1.19 bits per heavy atom. The second-order valence-corrected chi connectivity index (χ2v) is 6.81. The van der Waals surface area contributed by atoms with E-state index < -0.39 is 0 Å². The summed E-state index contributed by atoms with van der Waals surface area (Å²) in [5.74, 6) is 0.168. The quantitative estimate of drug-likeness (QED) is 0.755. The van der Waals surface area contributed by atoms with Crippen molar-refractivity contribution in [3.63, 3.8) is 0 Å². The monoisotopic (exact) mass is 351 g/mol. The van der Waals surface area contributed by atoms with Gasteiger partial charge in [0.25, 0.3) is 11.5 Å². The minimum absolute atomic E-state index is 0.0710. The molecule has 2 heterocycles. The van der Waals surface area contributed by atoms with Crippen LogP contribution in [0.25, 0.3) is 16.8 Å². The maximum atomic E-state index is 12.5. The number of rotatable bonds is 4. The van der Waals surface area contributed by atoms with Crippen LogP contribution < -0.4 is 10.9 Å². The van der Waals surface area contributed by atoms with Crippen LogP contribution in [0.15, 0.2) is 41.3 Å². The van der Waals surface area contributed by atoms with E-state index in [0.717, 1.165) is 18.4 Å². The van der Waals surface area contributed by atoms with Crippen molar-refractivity contribution in [1.82, 2.24) is 25.1 Å². The second-order valence-electron chi connectivity index (χ2n) is 6.81. The van der Waals surface area contributed by atoms with Crippen LogP contribution in [-0.4, -0.2) is 32.3 Å². The van der Waals surface area contributed by atoms with Crippen LogP contribution in [0.4, 0.5) is 0 Å². The fraction of sp³-hybridized carbons (Fsp3) is 0.368. The van der Waals surface area contributed by atoms with E-state index in [1.807, 2.05) is 30.3 Å². The molecule has 2 N–H and O–H groups in total. The molecule has 1 aromatic carbocycles. The molecule has 1 aliphatic rings. The maximum absolute atomic E-state index is 12.5. The topological polar surface area (TPSA) is 92.2 Å². The van der Waals surface area contributed by atoms with Gasteiger partial charge in [0.05, 0.1) is 11.9 Å². The van der Waals surface area contributed by atoms with Crippen molar-refractivity contribution >= 4 is 11.4 Å². The Labute approximate surface area is 150 Å². The second kappa shape index (κ2) is 7.11. The molecule has 26 heavy (non-hydrogen) atoms. The van der Waals surface area contributed by atoms with E-state index >= 15 is 0 Å². The van der Waals surface area contributed by atoms with E-state index in [-0.39, 0.29) is 22.7 Å².